The lowest BCUT2D eigenvalue weighted by Gasteiger charge is -2.37. The van der Waals surface area contributed by atoms with Crippen LogP contribution in [0.15, 0.2) is 66.0 Å². The van der Waals surface area contributed by atoms with E-state index in [0.29, 0.717) is 43.5 Å². The first kappa shape index (κ1) is 26.7. The number of amides is 2. The molecule has 2 amide bonds. The summed E-state index contributed by atoms with van der Waals surface area (Å²) in [5, 5.41) is 2.08. The molecule has 2 heterocycles. The third-order valence-electron chi connectivity index (χ3n) is 6.99. The number of rotatable bonds is 11. The summed E-state index contributed by atoms with van der Waals surface area (Å²) >= 11 is 1.72. The zero-order chi connectivity index (χ0) is 26.2. The molecule has 0 spiro atoms. The second-order valence-electron chi connectivity index (χ2n) is 9.56. The minimum absolute atomic E-state index is 0.0186. The lowest BCUT2D eigenvalue weighted by atomic mass is 10.00. The highest BCUT2D eigenvalue weighted by molar-refractivity contribution is 7.10. The number of carbonyl (C=O) groups excluding carboxylic acids is 2. The summed E-state index contributed by atoms with van der Waals surface area (Å²) in [6.07, 6.45) is 2.05. The molecule has 6 nitrogen and oxygen atoms in total. The molecule has 1 aliphatic heterocycles. The zero-order valence-corrected chi connectivity index (χ0v) is 22.7. The lowest BCUT2D eigenvalue weighted by molar-refractivity contribution is -0.143. The number of hydrogen-bond donors (Lipinski definition) is 0. The SMILES string of the molecule is CC[C@@H](C)CN(CC(=O)N1CCc2sccc2[C@H]1COc1ccccc1OC)C(=O)Cc1ccccc1. The Bertz CT molecular complexity index is 1180. The average molecular weight is 521 g/mol. The smallest absolute Gasteiger partial charge is 0.242 e. The van der Waals surface area contributed by atoms with E-state index in [-0.39, 0.29) is 24.4 Å². The van der Waals surface area contributed by atoms with Crippen molar-refractivity contribution in [3.8, 4) is 11.5 Å². The summed E-state index contributed by atoms with van der Waals surface area (Å²) in [4.78, 5) is 32.0. The van der Waals surface area contributed by atoms with Crippen LogP contribution in [0.1, 0.15) is 42.3 Å². The number of methoxy groups -OCH3 is 1. The van der Waals surface area contributed by atoms with Crippen molar-refractivity contribution in [1.82, 2.24) is 9.80 Å². The largest absolute Gasteiger partial charge is 0.493 e. The summed E-state index contributed by atoms with van der Waals surface area (Å²) in [6, 6.07) is 19.1. The standard InChI is InChI=1S/C30H36N2O4S/c1-4-22(2)19-31(29(33)18-23-10-6-5-7-11-23)20-30(34)32-16-14-28-24(15-17-37-28)25(32)21-36-27-13-9-8-12-26(27)35-3/h5-13,15,17,22,25H,4,14,16,18-21H2,1-3H3/t22-,25-/m1/s1. The molecule has 0 fully saturated rings. The molecule has 4 rings (SSSR count). The Hall–Kier alpha value is -3.32. The Labute approximate surface area is 223 Å². The fourth-order valence-electron chi connectivity index (χ4n) is 4.68. The van der Waals surface area contributed by atoms with Gasteiger partial charge in [-0.1, -0.05) is 62.7 Å². The van der Waals surface area contributed by atoms with Crippen molar-refractivity contribution in [2.75, 3.05) is 33.4 Å². The van der Waals surface area contributed by atoms with Gasteiger partial charge in [0.2, 0.25) is 11.8 Å². The fraction of sp³-hybridized carbons (Fsp3) is 0.400. The Kier molecular flexibility index (Phi) is 9.23. The van der Waals surface area contributed by atoms with E-state index >= 15 is 0 Å². The van der Waals surface area contributed by atoms with E-state index in [1.165, 1.54) is 4.88 Å². The van der Waals surface area contributed by atoms with Crippen LogP contribution in [0.25, 0.3) is 0 Å². The molecule has 37 heavy (non-hydrogen) atoms. The molecule has 3 aromatic rings. The molecule has 7 heteroatoms. The number of para-hydroxylation sites is 2. The van der Waals surface area contributed by atoms with Gasteiger partial charge in [0.15, 0.2) is 11.5 Å². The quantitative estimate of drug-likeness (QED) is 0.341. The number of carbonyl (C=O) groups is 2. The van der Waals surface area contributed by atoms with E-state index in [9.17, 15) is 9.59 Å². The van der Waals surface area contributed by atoms with Gasteiger partial charge in [-0.05, 0) is 47.0 Å². The Morgan fingerprint density at radius 2 is 1.81 bits per heavy atom. The van der Waals surface area contributed by atoms with Crippen LogP contribution >= 0.6 is 11.3 Å². The molecule has 1 aromatic heterocycles. The van der Waals surface area contributed by atoms with Gasteiger partial charge in [-0.15, -0.1) is 11.3 Å². The molecule has 2 atom stereocenters. The molecule has 0 aliphatic carbocycles. The van der Waals surface area contributed by atoms with Crippen LogP contribution < -0.4 is 9.47 Å². The second-order valence-corrected chi connectivity index (χ2v) is 10.6. The van der Waals surface area contributed by atoms with Gasteiger partial charge in [0, 0.05) is 18.0 Å². The first-order valence-electron chi connectivity index (χ1n) is 12.9. The summed E-state index contributed by atoms with van der Waals surface area (Å²) in [7, 11) is 1.62. The lowest BCUT2D eigenvalue weighted by Crippen LogP contribution is -2.48. The summed E-state index contributed by atoms with van der Waals surface area (Å²) in [5.74, 6) is 1.55. The van der Waals surface area contributed by atoms with Crippen molar-refractivity contribution in [2.24, 2.45) is 5.92 Å². The van der Waals surface area contributed by atoms with Crippen molar-refractivity contribution in [1.29, 1.82) is 0 Å². The van der Waals surface area contributed by atoms with E-state index in [0.717, 1.165) is 24.0 Å². The van der Waals surface area contributed by atoms with Gasteiger partial charge in [0.1, 0.15) is 6.61 Å². The van der Waals surface area contributed by atoms with Gasteiger partial charge < -0.3 is 19.3 Å². The second kappa shape index (κ2) is 12.8. The molecule has 196 valence electrons. The van der Waals surface area contributed by atoms with E-state index in [1.807, 2.05) is 59.5 Å². The number of nitrogens with zero attached hydrogens (tertiary/aromatic N) is 2. The zero-order valence-electron chi connectivity index (χ0n) is 21.9. The number of thiophene rings is 1. The highest BCUT2D eigenvalue weighted by atomic mass is 32.1. The summed E-state index contributed by atoms with van der Waals surface area (Å²) in [5.41, 5.74) is 2.08. The molecule has 1 aliphatic rings. The van der Waals surface area contributed by atoms with Gasteiger partial charge in [-0.25, -0.2) is 0 Å². The molecule has 0 radical (unpaired) electrons. The maximum atomic E-state index is 13.8. The number of fused-ring (bicyclic) bond motifs is 1. The molecule has 2 aromatic carbocycles. The van der Waals surface area contributed by atoms with Crippen LogP contribution in [0.5, 0.6) is 11.5 Å². The van der Waals surface area contributed by atoms with E-state index < -0.39 is 0 Å². The third-order valence-corrected chi connectivity index (χ3v) is 7.98. The van der Waals surface area contributed by atoms with E-state index in [1.54, 1.807) is 23.3 Å². The highest BCUT2D eigenvalue weighted by Crippen LogP contribution is 2.35. The van der Waals surface area contributed by atoms with Gasteiger partial charge in [0.25, 0.3) is 0 Å². The van der Waals surface area contributed by atoms with Crippen LogP contribution in [0.4, 0.5) is 0 Å². The number of benzene rings is 2. The van der Waals surface area contributed by atoms with Crippen LogP contribution in [-0.4, -0.2) is 55.0 Å². The van der Waals surface area contributed by atoms with Gasteiger partial charge in [-0.3, -0.25) is 9.59 Å². The Balaban J connectivity index is 1.51. The molecule has 0 unspecified atom stereocenters. The van der Waals surface area contributed by atoms with Crippen molar-refractivity contribution in [2.45, 2.75) is 39.2 Å². The molecule has 0 saturated carbocycles. The average Bonchev–Trinajstić information content (AvgIpc) is 3.41. The fourth-order valence-corrected chi connectivity index (χ4v) is 5.61. The monoisotopic (exact) mass is 520 g/mol. The topological polar surface area (TPSA) is 59.1 Å². The Morgan fingerprint density at radius 3 is 2.54 bits per heavy atom. The molecule has 0 N–H and O–H groups in total. The maximum Gasteiger partial charge on any atom is 0.242 e. The summed E-state index contributed by atoms with van der Waals surface area (Å²) < 4.78 is 11.6. The maximum absolute atomic E-state index is 13.8. The van der Waals surface area contributed by atoms with Crippen LogP contribution in [0.3, 0.4) is 0 Å². The summed E-state index contributed by atoms with van der Waals surface area (Å²) in [6.45, 7) is 5.79. The number of hydrogen-bond acceptors (Lipinski definition) is 5. The van der Waals surface area contributed by atoms with Gasteiger partial charge >= 0.3 is 0 Å². The van der Waals surface area contributed by atoms with Crippen molar-refractivity contribution in [3.05, 3.63) is 82.0 Å². The molecular formula is C30H36N2O4S. The predicted molar refractivity (Wildman–Crippen MR) is 147 cm³/mol. The van der Waals surface area contributed by atoms with E-state index in [2.05, 4.69) is 25.3 Å². The first-order chi connectivity index (χ1) is 18.0. The van der Waals surface area contributed by atoms with Crippen molar-refractivity contribution >= 4 is 23.2 Å². The third kappa shape index (κ3) is 6.72. The minimum Gasteiger partial charge on any atom is -0.493 e. The molecule has 0 saturated heterocycles. The highest BCUT2D eigenvalue weighted by Gasteiger charge is 2.34. The first-order valence-corrected chi connectivity index (χ1v) is 13.8. The van der Waals surface area contributed by atoms with Crippen molar-refractivity contribution in [3.63, 3.8) is 0 Å². The number of ether oxygens (including phenoxy) is 2. The minimum atomic E-state index is -0.220. The van der Waals surface area contributed by atoms with Gasteiger partial charge in [-0.2, -0.15) is 0 Å². The van der Waals surface area contributed by atoms with Crippen molar-refractivity contribution < 1.29 is 19.1 Å². The molecular weight excluding hydrogens is 484 g/mol. The Morgan fingerprint density at radius 1 is 1.08 bits per heavy atom. The predicted octanol–water partition coefficient (Wildman–Crippen LogP) is 5.38. The van der Waals surface area contributed by atoms with Gasteiger partial charge in [0.05, 0.1) is 26.1 Å². The van der Waals surface area contributed by atoms with Crippen LogP contribution in [-0.2, 0) is 22.4 Å². The normalized spacial score (nSPS) is 15.5. The van der Waals surface area contributed by atoms with E-state index in [4.69, 9.17) is 9.47 Å². The van der Waals surface area contributed by atoms with Crippen LogP contribution in [0.2, 0.25) is 0 Å². The van der Waals surface area contributed by atoms with Crippen LogP contribution in [0, 0.1) is 5.92 Å². The molecule has 0 bridgehead atoms.